The molecule has 0 atom stereocenters. The standard InChI is InChI=1S/C29H45F3N4O4S/c1-21-19-24(35(4)23(3)37)20-22(2)25(21)12-18-41(39,40)36-16-14-28(15-17-36)27(38)33-26(34-28)11-9-7-5-6-8-10-13-29(30,31)32/h19-20,39-40H,5-18H2,1-4H3,(H,33,34,38). The third kappa shape index (κ3) is 9.17. The lowest BCUT2D eigenvalue weighted by atomic mass is 9.89. The lowest BCUT2D eigenvalue weighted by molar-refractivity contribution is -0.135. The fourth-order valence-corrected chi connectivity index (χ4v) is 7.13. The van der Waals surface area contributed by atoms with E-state index >= 15 is 0 Å². The molecule has 41 heavy (non-hydrogen) atoms. The number of carbonyl (C=O) groups excluding carboxylic acids is 2. The number of hydrogen-bond acceptors (Lipinski definition) is 6. The van der Waals surface area contributed by atoms with E-state index in [0.717, 1.165) is 48.1 Å². The minimum Gasteiger partial charge on any atom is -0.316 e. The maximum Gasteiger partial charge on any atom is 0.389 e. The Morgan fingerprint density at radius 1 is 1.05 bits per heavy atom. The van der Waals surface area contributed by atoms with Crippen LogP contribution in [0.15, 0.2) is 17.1 Å². The molecule has 1 aromatic rings. The smallest absolute Gasteiger partial charge is 0.316 e. The van der Waals surface area contributed by atoms with E-state index in [1.54, 1.807) is 16.3 Å². The first-order valence-electron chi connectivity index (χ1n) is 14.5. The van der Waals surface area contributed by atoms with Crippen molar-refractivity contribution in [1.82, 2.24) is 9.62 Å². The van der Waals surface area contributed by atoms with Crippen LogP contribution >= 0.6 is 10.8 Å². The van der Waals surface area contributed by atoms with Gasteiger partial charge in [-0.25, -0.2) is 4.31 Å². The lowest BCUT2D eigenvalue weighted by Gasteiger charge is -2.47. The number of nitrogens with one attached hydrogen (secondary N) is 1. The fraction of sp³-hybridized carbons (Fsp3) is 0.690. The molecule has 2 heterocycles. The van der Waals surface area contributed by atoms with E-state index < -0.39 is 28.9 Å². The summed E-state index contributed by atoms with van der Waals surface area (Å²) >= 11 is 0. The molecule has 2 aliphatic rings. The first-order chi connectivity index (χ1) is 19.1. The number of hydrogen-bond donors (Lipinski definition) is 3. The van der Waals surface area contributed by atoms with Gasteiger partial charge in [-0.3, -0.25) is 23.7 Å². The molecule has 12 heteroatoms. The van der Waals surface area contributed by atoms with Gasteiger partial charge in [0, 0.05) is 45.6 Å². The Kier molecular flexibility index (Phi) is 11.3. The largest absolute Gasteiger partial charge is 0.389 e. The van der Waals surface area contributed by atoms with Gasteiger partial charge in [-0.1, -0.05) is 25.7 Å². The molecule has 232 valence electrons. The Hall–Kier alpha value is -2.15. The lowest BCUT2D eigenvalue weighted by Crippen LogP contribution is -2.49. The number of aryl methyl sites for hydroxylation is 2. The quantitative estimate of drug-likeness (QED) is 0.222. The molecule has 0 radical (unpaired) electrons. The van der Waals surface area contributed by atoms with Crippen LogP contribution < -0.4 is 10.2 Å². The first-order valence-corrected chi connectivity index (χ1v) is 16.1. The highest BCUT2D eigenvalue weighted by atomic mass is 32.3. The van der Waals surface area contributed by atoms with Crippen molar-refractivity contribution in [3.63, 3.8) is 0 Å². The van der Waals surface area contributed by atoms with Gasteiger partial charge in [-0.15, -0.1) is 10.8 Å². The summed E-state index contributed by atoms with van der Waals surface area (Å²) in [7, 11) is -1.32. The fourth-order valence-electron chi connectivity index (χ4n) is 5.62. The molecule has 1 fully saturated rings. The van der Waals surface area contributed by atoms with Gasteiger partial charge in [0.25, 0.3) is 5.91 Å². The van der Waals surface area contributed by atoms with Gasteiger partial charge in [-0.05, 0) is 74.8 Å². The number of rotatable bonds is 13. The van der Waals surface area contributed by atoms with Crippen LogP contribution in [0.5, 0.6) is 0 Å². The molecular formula is C29H45F3N4O4S. The van der Waals surface area contributed by atoms with Crippen molar-refractivity contribution in [3.8, 4) is 0 Å². The zero-order chi connectivity index (χ0) is 30.4. The van der Waals surface area contributed by atoms with Crippen molar-refractivity contribution in [1.29, 1.82) is 0 Å². The highest BCUT2D eigenvalue weighted by molar-refractivity contribution is 8.22. The second-order valence-corrected chi connectivity index (χ2v) is 13.6. The van der Waals surface area contributed by atoms with E-state index in [9.17, 15) is 31.9 Å². The molecule has 3 N–H and O–H groups in total. The molecular weight excluding hydrogens is 557 g/mol. The predicted octanol–water partition coefficient (Wildman–Crippen LogP) is 6.54. The van der Waals surface area contributed by atoms with Gasteiger partial charge in [0.15, 0.2) is 0 Å². The van der Waals surface area contributed by atoms with Gasteiger partial charge in [0.05, 0.1) is 5.75 Å². The first kappa shape index (κ1) is 33.4. The maximum absolute atomic E-state index is 12.8. The molecule has 1 saturated heterocycles. The summed E-state index contributed by atoms with van der Waals surface area (Å²) in [4.78, 5) is 30.9. The number of aliphatic imine (C=N–C) groups is 1. The molecule has 0 bridgehead atoms. The van der Waals surface area contributed by atoms with Crippen molar-refractivity contribution in [2.75, 3.05) is 30.8 Å². The van der Waals surface area contributed by atoms with Crippen LogP contribution in [0.4, 0.5) is 18.9 Å². The number of amides is 2. The molecule has 2 amide bonds. The van der Waals surface area contributed by atoms with Gasteiger partial charge in [0.2, 0.25) is 5.91 Å². The SMILES string of the molecule is CC(=O)N(C)c1cc(C)c(CCS(O)(O)N2CCC3(CC2)N=C(CCCCCCCCC(F)(F)F)NC3=O)c(C)c1. The van der Waals surface area contributed by atoms with Crippen molar-refractivity contribution >= 4 is 34.1 Å². The second-order valence-electron chi connectivity index (χ2n) is 11.4. The van der Waals surface area contributed by atoms with Crippen LogP contribution in [0, 0.1) is 13.8 Å². The summed E-state index contributed by atoms with van der Waals surface area (Å²) in [5, 5.41) is 2.90. The summed E-state index contributed by atoms with van der Waals surface area (Å²) in [6, 6.07) is 3.88. The molecule has 0 unspecified atom stereocenters. The number of halogens is 3. The van der Waals surface area contributed by atoms with Crippen LogP contribution in [0.2, 0.25) is 0 Å². The zero-order valence-electron chi connectivity index (χ0n) is 24.6. The summed E-state index contributed by atoms with van der Waals surface area (Å²) in [5.41, 5.74) is 2.95. The molecule has 8 nitrogen and oxygen atoms in total. The normalized spacial score (nSPS) is 18.0. The predicted molar refractivity (Wildman–Crippen MR) is 159 cm³/mol. The average Bonchev–Trinajstić information content (AvgIpc) is 3.18. The number of benzene rings is 1. The number of unbranched alkanes of at least 4 members (excludes halogenated alkanes) is 5. The Bertz CT molecular complexity index is 1090. The van der Waals surface area contributed by atoms with Crippen molar-refractivity contribution in [2.24, 2.45) is 4.99 Å². The molecule has 0 aromatic heterocycles. The van der Waals surface area contributed by atoms with Crippen LogP contribution in [0.3, 0.4) is 0 Å². The Balaban J connectivity index is 1.46. The van der Waals surface area contributed by atoms with E-state index in [1.165, 1.54) is 6.92 Å². The van der Waals surface area contributed by atoms with E-state index in [4.69, 9.17) is 4.99 Å². The average molecular weight is 603 g/mol. The van der Waals surface area contributed by atoms with Crippen LogP contribution in [0.25, 0.3) is 0 Å². The van der Waals surface area contributed by atoms with Gasteiger partial charge >= 0.3 is 6.18 Å². The molecule has 1 spiro atoms. The third-order valence-corrected chi connectivity index (χ3v) is 10.2. The topological polar surface area (TPSA) is 105 Å². The van der Waals surface area contributed by atoms with Crippen LogP contribution in [-0.2, 0) is 16.0 Å². The van der Waals surface area contributed by atoms with Crippen LogP contribution in [0.1, 0.15) is 87.8 Å². The third-order valence-electron chi connectivity index (χ3n) is 8.28. The number of anilines is 1. The number of alkyl halides is 3. The summed E-state index contributed by atoms with van der Waals surface area (Å²) in [6.07, 6.45) is 1.15. The number of carbonyl (C=O) groups is 2. The van der Waals surface area contributed by atoms with Gasteiger partial charge in [-0.2, -0.15) is 13.2 Å². The Labute approximate surface area is 243 Å². The van der Waals surface area contributed by atoms with Crippen LogP contribution in [-0.4, -0.2) is 68.7 Å². The number of piperidine rings is 1. The monoisotopic (exact) mass is 602 g/mol. The highest BCUT2D eigenvalue weighted by Gasteiger charge is 2.47. The maximum atomic E-state index is 12.8. The van der Waals surface area contributed by atoms with E-state index in [2.05, 4.69) is 5.32 Å². The number of nitrogens with zero attached hydrogens (tertiary/aromatic N) is 3. The molecule has 0 aliphatic carbocycles. The van der Waals surface area contributed by atoms with E-state index in [-0.39, 0.29) is 24.0 Å². The van der Waals surface area contributed by atoms with E-state index in [0.29, 0.717) is 51.0 Å². The van der Waals surface area contributed by atoms with Gasteiger partial charge < -0.3 is 10.2 Å². The molecule has 0 saturated carbocycles. The van der Waals surface area contributed by atoms with Crippen molar-refractivity contribution < 1.29 is 31.9 Å². The molecule has 2 aliphatic heterocycles. The minimum atomic E-state index is -4.08. The molecule has 1 aromatic carbocycles. The minimum absolute atomic E-state index is 0.0580. The number of amidine groups is 1. The van der Waals surface area contributed by atoms with E-state index in [1.807, 2.05) is 26.0 Å². The molecule has 3 rings (SSSR count). The van der Waals surface area contributed by atoms with Crippen molar-refractivity contribution in [3.05, 3.63) is 28.8 Å². The second kappa shape index (κ2) is 13.9. The van der Waals surface area contributed by atoms with Gasteiger partial charge in [0.1, 0.15) is 11.4 Å². The summed E-state index contributed by atoms with van der Waals surface area (Å²) in [6.45, 7) is 6.14. The highest BCUT2D eigenvalue weighted by Crippen LogP contribution is 2.47. The Morgan fingerprint density at radius 3 is 2.17 bits per heavy atom. The van der Waals surface area contributed by atoms with Crippen molar-refractivity contribution in [2.45, 2.75) is 103 Å². The zero-order valence-corrected chi connectivity index (χ0v) is 25.5. The summed E-state index contributed by atoms with van der Waals surface area (Å²) < 4.78 is 60.4. The Morgan fingerprint density at radius 2 is 1.61 bits per heavy atom. The summed E-state index contributed by atoms with van der Waals surface area (Å²) in [5.74, 6) is 0.632.